The molecular formula is C9H8BrN3O2S2. The summed E-state index contributed by atoms with van der Waals surface area (Å²) in [5.74, 6) is 0.269. The van der Waals surface area contributed by atoms with Crippen molar-refractivity contribution in [2.75, 3.05) is 4.72 Å². The molecule has 2 aromatic rings. The van der Waals surface area contributed by atoms with Crippen LogP contribution in [-0.4, -0.2) is 18.4 Å². The van der Waals surface area contributed by atoms with Gasteiger partial charge in [0.25, 0.3) is 10.0 Å². The zero-order valence-corrected chi connectivity index (χ0v) is 11.9. The first-order chi connectivity index (χ1) is 7.97. The van der Waals surface area contributed by atoms with Gasteiger partial charge in [0, 0.05) is 10.7 Å². The highest BCUT2D eigenvalue weighted by atomic mass is 79.9. The first-order valence-corrected chi connectivity index (χ1v) is 7.63. The molecule has 8 heteroatoms. The van der Waals surface area contributed by atoms with Gasteiger partial charge < -0.3 is 0 Å². The van der Waals surface area contributed by atoms with E-state index in [0.717, 1.165) is 15.8 Å². The normalized spacial score (nSPS) is 11.4. The molecule has 1 N–H and O–H groups in total. The largest absolute Gasteiger partial charge is 0.274 e. The summed E-state index contributed by atoms with van der Waals surface area (Å²) in [5.41, 5.74) is 0. The molecule has 0 aliphatic carbocycles. The molecule has 0 unspecified atom stereocenters. The summed E-state index contributed by atoms with van der Waals surface area (Å²) in [4.78, 5) is 7.83. The second-order valence-electron chi connectivity index (χ2n) is 3.16. The molecule has 0 saturated heterocycles. The van der Waals surface area contributed by atoms with Crippen LogP contribution in [-0.2, 0) is 10.0 Å². The van der Waals surface area contributed by atoms with Gasteiger partial charge in [0.05, 0.1) is 11.2 Å². The number of aryl methyl sites for hydroxylation is 1. The lowest BCUT2D eigenvalue weighted by Crippen LogP contribution is -2.12. The van der Waals surface area contributed by atoms with Gasteiger partial charge in [-0.25, -0.2) is 18.4 Å². The predicted molar refractivity (Wildman–Crippen MR) is 69.6 cm³/mol. The number of halogens is 1. The Labute approximate surface area is 111 Å². The minimum atomic E-state index is -3.59. The van der Waals surface area contributed by atoms with Gasteiger partial charge >= 0.3 is 0 Å². The van der Waals surface area contributed by atoms with E-state index in [0.29, 0.717) is 5.01 Å². The van der Waals surface area contributed by atoms with Crippen LogP contribution in [0.15, 0.2) is 33.2 Å². The number of thiazole rings is 1. The average molecular weight is 334 g/mol. The van der Waals surface area contributed by atoms with Gasteiger partial charge in [-0.2, -0.15) is 0 Å². The Kier molecular flexibility index (Phi) is 3.45. The fraction of sp³-hybridized carbons (Fsp3) is 0.111. The van der Waals surface area contributed by atoms with Crippen molar-refractivity contribution in [2.24, 2.45) is 0 Å². The van der Waals surface area contributed by atoms with Crippen molar-refractivity contribution >= 4 is 43.1 Å². The number of nitrogens with zero attached hydrogens (tertiary/aromatic N) is 2. The fourth-order valence-electron chi connectivity index (χ4n) is 1.11. The summed E-state index contributed by atoms with van der Waals surface area (Å²) in [6, 6.07) is 3.31. The van der Waals surface area contributed by atoms with Crippen LogP contribution in [0.5, 0.6) is 0 Å². The Morgan fingerprint density at radius 1 is 1.41 bits per heavy atom. The molecule has 17 heavy (non-hydrogen) atoms. The van der Waals surface area contributed by atoms with E-state index in [4.69, 9.17) is 0 Å². The van der Waals surface area contributed by atoms with Crippen molar-refractivity contribution in [3.05, 3.63) is 34.0 Å². The van der Waals surface area contributed by atoms with E-state index in [-0.39, 0.29) is 10.0 Å². The number of sulfonamides is 1. The van der Waals surface area contributed by atoms with Crippen LogP contribution < -0.4 is 4.72 Å². The summed E-state index contributed by atoms with van der Waals surface area (Å²) in [5, 5.41) is 0.701. The lowest BCUT2D eigenvalue weighted by molar-refractivity contribution is 0.603. The summed E-state index contributed by atoms with van der Waals surface area (Å²) < 4.78 is 27.2. The maximum absolute atomic E-state index is 11.9. The van der Waals surface area contributed by atoms with Gasteiger partial charge in [-0.15, -0.1) is 11.3 Å². The standard InChI is InChI=1S/C9H8BrN3O2S2/c1-6-12-5-9(16-6)17(14,15)13-8-4-7(10)2-3-11-8/h2-5H,1H3,(H,11,13). The Morgan fingerprint density at radius 3 is 2.76 bits per heavy atom. The Hall–Kier alpha value is -0.990. The molecule has 2 heterocycles. The number of hydrogen-bond acceptors (Lipinski definition) is 5. The third kappa shape index (κ3) is 3.02. The maximum Gasteiger partial charge on any atom is 0.274 e. The highest BCUT2D eigenvalue weighted by Gasteiger charge is 2.17. The van der Waals surface area contributed by atoms with Gasteiger partial charge in [-0.05, 0) is 19.1 Å². The monoisotopic (exact) mass is 333 g/mol. The van der Waals surface area contributed by atoms with Crippen molar-refractivity contribution < 1.29 is 8.42 Å². The van der Waals surface area contributed by atoms with Crippen LogP contribution in [0.25, 0.3) is 0 Å². The highest BCUT2D eigenvalue weighted by Crippen LogP contribution is 2.21. The van der Waals surface area contributed by atoms with Crippen LogP contribution in [0.2, 0.25) is 0 Å². The molecule has 0 aliphatic heterocycles. The quantitative estimate of drug-likeness (QED) is 0.936. The first kappa shape index (κ1) is 12.5. The summed E-state index contributed by atoms with van der Waals surface area (Å²) in [7, 11) is -3.59. The number of rotatable bonds is 3. The predicted octanol–water partition coefficient (Wildman–Crippen LogP) is 2.41. The first-order valence-electron chi connectivity index (χ1n) is 4.54. The lowest BCUT2D eigenvalue weighted by Gasteiger charge is -2.04. The summed E-state index contributed by atoms with van der Waals surface area (Å²) in [6.45, 7) is 1.75. The second kappa shape index (κ2) is 4.71. The van der Waals surface area contributed by atoms with Crippen molar-refractivity contribution in [3.8, 4) is 0 Å². The molecule has 0 radical (unpaired) electrons. The number of aromatic nitrogens is 2. The van der Waals surface area contributed by atoms with Crippen molar-refractivity contribution in [1.29, 1.82) is 0 Å². The van der Waals surface area contributed by atoms with Crippen LogP contribution in [0.1, 0.15) is 5.01 Å². The number of nitrogens with one attached hydrogen (secondary N) is 1. The van der Waals surface area contributed by atoms with E-state index in [9.17, 15) is 8.42 Å². The van der Waals surface area contributed by atoms with Gasteiger partial charge in [-0.1, -0.05) is 15.9 Å². The molecule has 90 valence electrons. The molecule has 0 bridgehead atoms. The highest BCUT2D eigenvalue weighted by molar-refractivity contribution is 9.10. The molecule has 0 aromatic carbocycles. The lowest BCUT2D eigenvalue weighted by atomic mass is 10.5. The molecule has 0 spiro atoms. The van der Waals surface area contributed by atoms with Crippen LogP contribution >= 0.6 is 27.3 Å². The molecule has 5 nitrogen and oxygen atoms in total. The van der Waals surface area contributed by atoms with Crippen LogP contribution in [0.4, 0.5) is 5.82 Å². The Balaban J connectivity index is 2.29. The molecule has 0 fully saturated rings. The van der Waals surface area contributed by atoms with Crippen molar-refractivity contribution in [2.45, 2.75) is 11.1 Å². The minimum absolute atomic E-state index is 0.178. The van der Waals surface area contributed by atoms with E-state index in [1.807, 2.05) is 0 Å². The van der Waals surface area contributed by atoms with Crippen LogP contribution in [0.3, 0.4) is 0 Å². The Bertz CT molecular complexity index is 639. The molecule has 2 rings (SSSR count). The van der Waals surface area contributed by atoms with Crippen LogP contribution in [0, 0.1) is 6.92 Å². The number of pyridine rings is 1. The molecular weight excluding hydrogens is 326 g/mol. The second-order valence-corrected chi connectivity index (χ2v) is 7.22. The minimum Gasteiger partial charge on any atom is -0.263 e. The topological polar surface area (TPSA) is 72.0 Å². The molecule has 0 saturated carbocycles. The zero-order valence-electron chi connectivity index (χ0n) is 8.71. The fourth-order valence-corrected chi connectivity index (χ4v) is 3.56. The van der Waals surface area contributed by atoms with Gasteiger partial charge in [0.2, 0.25) is 0 Å². The van der Waals surface area contributed by atoms with Gasteiger partial charge in [-0.3, -0.25) is 4.72 Å². The Morgan fingerprint density at radius 2 is 2.18 bits per heavy atom. The average Bonchev–Trinajstić information content (AvgIpc) is 2.65. The zero-order chi connectivity index (χ0) is 12.5. The summed E-state index contributed by atoms with van der Waals surface area (Å²) in [6.07, 6.45) is 2.85. The SMILES string of the molecule is Cc1ncc(S(=O)(=O)Nc2cc(Br)ccn2)s1. The van der Waals surface area contributed by atoms with Crippen molar-refractivity contribution in [3.63, 3.8) is 0 Å². The van der Waals surface area contributed by atoms with E-state index < -0.39 is 10.0 Å². The maximum atomic E-state index is 11.9. The molecule has 0 atom stereocenters. The number of hydrogen-bond donors (Lipinski definition) is 1. The van der Waals surface area contributed by atoms with E-state index >= 15 is 0 Å². The third-order valence-electron chi connectivity index (χ3n) is 1.83. The summed E-state index contributed by atoms with van der Waals surface area (Å²) >= 11 is 4.36. The van der Waals surface area contributed by atoms with Gasteiger partial charge in [0.1, 0.15) is 5.82 Å². The van der Waals surface area contributed by atoms with E-state index in [2.05, 4.69) is 30.6 Å². The smallest absolute Gasteiger partial charge is 0.263 e. The van der Waals surface area contributed by atoms with E-state index in [1.54, 1.807) is 19.1 Å². The number of anilines is 1. The van der Waals surface area contributed by atoms with Gasteiger partial charge in [0.15, 0.2) is 4.21 Å². The van der Waals surface area contributed by atoms with Crippen molar-refractivity contribution in [1.82, 2.24) is 9.97 Å². The molecule has 0 aliphatic rings. The molecule has 0 amide bonds. The molecule has 2 aromatic heterocycles. The van der Waals surface area contributed by atoms with E-state index in [1.165, 1.54) is 12.4 Å². The third-order valence-corrected chi connectivity index (χ3v) is 5.05.